The van der Waals surface area contributed by atoms with Gasteiger partial charge in [0.1, 0.15) is 24.9 Å². The lowest BCUT2D eigenvalue weighted by Crippen LogP contribution is -2.44. The number of carbonyl (C=O) groups excluding carboxylic acids is 4. The number of benzene rings is 2. The number of amides is 1. The average molecular weight is 543 g/mol. The second-order valence-electron chi connectivity index (χ2n) is 7.72. The molecule has 0 saturated carbocycles. The Labute approximate surface area is 216 Å². The molecule has 1 unspecified atom stereocenters. The number of fused-ring (bicyclic) bond motifs is 3. The number of halogens is 3. The number of hydrogen-bond donors (Lipinski definition) is 1. The molecule has 0 aliphatic heterocycles. The van der Waals surface area contributed by atoms with Gasteiger partial charge in [-0.2, -0.15) is 0 Å². The molecule has 0 saturated heterocycles. The molecule has 0 fully saturated rings. The fourth-order valence-electron chi connectivity index (χ4n) is 3.84. The van der Waals surface area contributed by atoms with Crippen LogP contribution in [0.2, 0.25) is 0 Å². The maximum Gasteiger partial charge on any atom is 0.407 e. The van der Waals surface area contributed by atoms with Crippen LogP contribution in [0.4, 0.5) is 4.79 Å². The number of esters is 2. The van der Waals surface area contributed by atoms with Crippen LogP contribution in [0.25, 0.3) is 11.1 Å². The van der Waals surface area contributed by atoms with Crippen molar-refractivity contribution in [1.29, 1.82) is 0 Å². The van der Waals surface area contributed by atoms with Crippen molar-refractivity contribution >= 4 is 58.6 Å². The van der Waals surface area contributed by atoms with Gasteiger partial charge >= 0.3 is 22.0 Å². The summed E-state index contributed by atoms with van der Waals surface area (Å²) in [5.74, 6) is -2.50. The molecule has 2 aromatic carbocycles. The molecular formula is C24H22Cl3NO7. The van der Waals surface area contributed by atoms with Crippen molar-refractivity contribution in [2.45, 2.75) is 35.2 Å². The molecule has 1 atom stereocenters. The van der Waals surface area contributed by atoms with E-state index in [2.05, 4.69) is 10.1 Å². The zero-order valence-electron chi connectivity index (χ0n) is 18.6. The Balaban J connectivity index is 1.65. The van der Waals surface area contributed by atoms with E-state index in [0.29, 0.717) is 0 Å². The summed E-state index contributed by atoms with van der Waals surface area (Å²) in [5.41, 5.74) is 4.15. The molecule has 0 radical (unpaired) electrons. The van der Waals surface area contributed by atoms with E-state index in [1.807, 2.05) is 48.5 Å². The van der Waals surface area contributed by atoms with Crippen LogP contribution in [0.15, 0.2) is 48.5 Å². The van der Waals surface area contributed by atoms with Gasteiger partial charge in [0.25, 0.3) is 0 Å². The predicted octanol–water partition coefficient (Wildman–Crippen LogP) is 4.68. The van der Waals surface area contributed by atoms with Gasteiger partial charge in [-0.3, -0.25) is 9.59 Å². The van der Waals surface area contributed by atoms with Crippen LogP contribution in [-0.2, 0) is 28.6 Å². The largest absolute Gasteiger partial charge is 0.469 e. The number of Topliss-reactive ketones (excluding diaryl/α,β-unsaturated/α-hetero) is 1. The summed E-state index contributed by atoms with van der Waals surface area (Å²) in [6.45, 7) is 0.00730. The number of alkyl halides is 3. The first-order valence-corrected chi connectivity index (χ1v) is 11.7. The van der Waals surface area contributed by atoms with E-state index in [0.717, 1.165) is 29.4 Å². The first kappa shape index (κ1) is 26.8. The van der Waals surface area contributed by atoms with Crippen LogP contribution < -0.4 is 5.32 Å². The molecule has 2 aromatic rings. The van der Waals surface area contributed by atoms with Crippen LogP contribution >= 0.6 is 34.8 Å². The van der Waals surface area contributed by atoms with E-state index < -0.39 is 40.3 Å². The summed E-state index contributed by atoms with van der Waals surface area (Å²) in [5, 5.41) is 2.35. The van der Waals surface area contributed by atoms with E-state index in [1.165, 1.54) is 0 Å². The normalized spacial score (nSPS) is 13.3. The Morgan fingerprint density at radius 1 is 0.971 bits per heavy atom. The highest BCUT2D eigenvalue weighted by atomic mass is 35.6. The molecule has 3 rings (SSSR count). The van der Waals surface area contributed by atoms with Crippen molar-refractivity contribution in [3.63, 3.8) is 0 Å². The zero-order valence-corrected chi connectivity index (χ0v) is 20.9. The second-order valence-corrected chi connectivity index (χ2v) is 9.90. The molecule has 8 nitrogen and oxygen atoms in total. The minimum atomic E-state index is -2.37. The maximum atomic E-state index is 12.6. The Morgan fingerprint density at radius 3 is 2.09 bits per heavy atom. The molecule has 0 heterocycles. The molecule has 186 valence electrons. The Hall–Kier alpha value is -2.81. The van der Waals surface area contributed by atoms with Gasteiger partial charge in [-0.05, 0) is 63.5 Å². The summed E-state index contributed by atoms with van der Waals surface area (Å²) < 4.78 is 12.2. The van der Waals surface area contributed by atoms with Gasteiger partial charge in [-0.25, -0.2) is 9.59 Å². The van der Waals surface area contributed by atoms with Crippen LogP contribution in [0.5, 0.6) is 0 Å². The first-order valence-electron chi connectivity index (χ1n) is 10.6. The van der Waals surface area contributed by atoms with Crippen LogP contribution in [-0.4, -0.2) is 47.6 Å². The highest BCUT2D eigenvalue weighted by Gasteiger charge is 2.33. The number of ether oxygens (including phenoxy) is 3. The Kier molecular flexibility index (Phi) is 8.99. The van der Waals surface area contributed by atoms with Gasteiger partial charge in [0, 0.05) is 12.3 Å². The third-order valence-electron chi connectivity index (χ3n) is 5.42. The molecule has 11 heteroatoms. The van der Waals surface area contributed by atoms with Gasteiger partial charge in [0.15, 0.2) is 0 Å². The fraction of sp³-hybridized carbons (Fsp3) is 0.333. The van der Waals surface area contributed by atoms with Crippen molar-refractivity contribution in [1.82, 2.24) is 5.32 Å². The van der Waals surface area contributed by atoms with Crippen LogP contribution in [0.3, 0.4) is 0 Å². The van der Waals surface area contributed by atoms with E-state index >= 15 is 0 Å². The standard InChI is InChI=1S/C24H22Cl3NO7/c1-33-21(30)12-14(29)10-11-20(22(31)35-24(25,26)27)28-23(32)34-13-19-17-8-4-2-6-15(17)16-7-3-5-9-18(16)19/h2-9,19-20H,10-13H2,1H3,(H,28,32). The summed E-state index contributed by atoms with van der Waals surface area (Å²) in [6, 6.07) is 14.3. The lowest BCUT2D eigenvalue weighted by molar-refractivity contribution is -0.147. The lowest BCUT2D eigenvalue weighted by Gasteiger charge is -2.21. The first-order chi connectivity index (χ1) is 16.6. The third kappa shape index (κ3) is 7.34. The third-order valence-corrected chi connectivity index (χ3v) is 5.65. The van der Waals surface area contributed by atoms with Gasteiger partial charge in [0.05, 0.1) is 7.11 Å². The second kappa shape index (κ2) is 11.7. The van der Waals surface area contributed by atoms with Gasteiger partial charge in [-0.15, -0.1) is 0 Å². The Morgan fingerprint density at radius 2 is 1.54 bits per heavy atom. The highest BCUT2D eigenvalue weighted by Crippen LogP contribution is 2.44. The minimum Gasteiger partial charge on any atom is -0.469 e. The molecule has 0 spiro atoms. The van der Waals surface area contributed by atoms with Gasteiger partial charge < -0.3 is 19.5 Å². The number of hydrogen-bond acceptors (Lipinski definition) is 7. The van der Waals surface area contributed by atoms with Crippen LogP contribution in [0.1, 0.15) is 36.3 Å². The van der Waals surface area contributed by atoms with Crippen molar-refractivity contribution in [2.24, 2.45) is 0 Å². The Bertz CT molecular complexity index is 1070. The maximum absolute atomic E-state index is 12.6. The van der Waals surface area contributed by atoms with Gasteiger partial charge in [-0.1, -0.05) is 48.5 Å². The van der Waals surface area contributed by atoms with E-state index in [-0.39, 0.29) is 25.4 Å². The number of rotatable bonds is 9. The smallest absolute Gasteiger partial charge is 0.407 e. The minimum absolute atomic E-state index is 0.00730. The monoisotopic (exact) mass is 541 g/mol. The zero-order chi connectivity index (χ0) is 25.6. The van der Waals surface area contributed by atoms with Crippen molar-refractivity contribution in [2.75, 3.05) is 13.7 Å². The lowest BCUT2D eigenvalue weighted by atomic mass is 9.98. The molecule has 35 heavy (non-hydrogen) atoms. The molecule has 1 amide bonds. The van der Waals surface area contributed by atoms with Gasteiger partial charge in [0.2, 0.25) is 0 Å². The van der Waals surface area contributed by atoms with E-state index in [1.54, 1.807) is 0 Å². The van der Waals surface area contributed by atoms with Crippen LogP contribution in [0, 0.1) is 0 Å². The molecule has 1 N–H and O–H groups in total. The average Bonchev–Trinajstić information content (AvgIpc) is 3.13. The number of carbonyl (C=O) groups is 4. The van der Waals surface area contributed by atoms with Crippen molar-refractivity contribution in [3.8, 4) is 11.1 Å². The predicted molar refractivity (Wildman–Crippen MR) is 129 cm³/mol. The number of alkyl carbamates (subject to hydrolysis) is 1. The summed E-state index contributed by atoms with van der Waals surface area (Å²) in [6.07, 6.45) is -1.84. The van der Waals surface area contributed by atoms with E-state index in [9.17, 15) is 19.2 Å². The highest BCUT2D eigenvalue weighted by molar-refractivity contribution is 6.66. The summed E-state index contributed by atoms with van der Waals surface area (Å²) in [7, 11) is 1.15. The number of ketones is 1. The molecule has 0 bridgehead atoms. The summed E-state index contributed by atoms with van der Waals surface area (Å²) >= 11 is 16.6. The fourth-order valence-corrected chi connectivity index (χ4v) is 4.07. The molecule has 0 aromatic heterocycles. The molecule has 1 aliphatic rings. The number of methoxy groups -OCH3 is 1. The SMILES string of the molecule is COC(=O)CC(=O)CCC(NC(=O)OCC1c2ccccc2-c2ccccc21)C(=O)OC(Cl)(Cl)Cl. The topological polar surface area (TPSA) is 108 Å². The van der Waals surface area contributed by atoms with Crippen molar-refractivity contribution < 1.29 is 33.4 Å². The molecule has 1 aliphatic carbocycles. The van der Waals surface area contributed by atoms with Crippen molar-refractivity contribution in [3.05, 3.63) is 59.7 Å². The number of nitrogens with one attached hydrogen (secondary N) is 1. The molecular weight excluding hydrogens is 521 g/mol. The quantitative estimate of drug-likeness (QED) is 0.212. The van der Waals surface area contributed by atoms with E-state index in [4.69, 9.17) is 44.3 Å². The summed E-state index contributed by atoms with van der Waals surface area (Å²) in [4.78, 5) is 48.2.